The van der Waals surface area contributed by atoms with Crippen molar-refractivity contribution in [1.82, 2.24) is 10.2 Å². The van der Waals surface area contributed by atoms with Crippen LogP contribution in [0.3, 0.4) is 0 Å². The summed E-state index contributed by atoms with van der Waals surface area (Å²) >= 11 is 0. The first-order valence-electron chi connectivity index (χ1n) is 6.34. The highest BCUT2D eigenvalue weighted by atomic mass is 16.5. The summed E-state index contributed by atoms with van der Waals surface area (Å²) in [6, 6.07) is 7.39. The van der Waals surface area contributed by atoms with Gasteiger partial charge in [0.15, 0.2) is 0 Å². The number of urea groups is 1. The van der Waals surface area contributed by atoms with E-state index in [1.165, 1.54) is 19.1 Å². The summed E-state index contributed by atoms with van der Waals surface area (Å²) in [6.07, 6.45) is 0. The number of anilines is 1. The van der Waals surface area contributed by atoms with Gasteiger partial charge in [-0.2, -0.15) is 0 Å². The number of rotatable bonds is 5. The van der Waals surface area contributed by atoms with E-state index < -0.39 is 5.97 Å². The lowest BCUT2D eigenvalue weighted by atomic mass is 10.1. The van der Waals surface area contributed by atoms with Crippen molar-refractivity contribution in [3.8, 4) is 0 Å². The molecule has 20 heavy (non-hydrogen) atoms. The number of likely N-dealkylation sites (N-methyl/N-ethyl adjacent to an activating group) is 1. The lowest BCUT2D eigenvalue weighted by molar-refractivity contribution is -0.140. The second-order valence-corrected chi connectivity index (χ2v) is 4.50. The summed E-state index contributed by atoms with van der Waals surface area (Å²) in [7, 11) is 4.70. The van der Waals surface area contributed by atoms with Crippen LogP contribution < -0.4 is 10.6 Å². The Morgan fingerprint density at radius 3 is 2.70 bits per heavy atom. The maximum absolute atomic E-state index is 11.9. The van der Waals surface area contributed by atoms with Crippen LogP contribution in [0, 0.1) is 0 Å². The molecule has 110 valence electrons. The summed E-state index contributed by atoms with van der Waals surface area (Å²) in [5, 5.41) is 5.88. The van der Waals surface area contributed by atoms with Crippen molar-refractivity contribution >= 4 is 17.7 Å². The minimum absolute atomic E-state index is 0.0884. The molecule has 1 atom stereocenters. The number of methoxy groups -OCH3 is 1. The highest BCUT2D eigenvalue weighted by Crippen LogP contribution is 2.17. The number of benzene rings is 1. The lowest BCUT2D eigenvalue weighted by Crippen LogP contribution is -2.35. The Kier molecular flexibility index (Phi) is 5.99. The van der Waals surface area contributed by atoms with Gasteiger partial charge in [-0.05, 0) is 31.7 Å². The van der Waals surface area contributed by atoms with Gasteiger partial charge < -0.3 is 20.3 Å². The SMILES string of the molecule is CNC(C)c1cccc(NC(=O)N(C)CC(=O)OC)c1. The van der Waals surface area contributed by atoms with E-state index in [4.69, 9.17) is 0 Å². The molecule has 0 saturated carbocycles. The van der Waals surface area contributed by atoms with Crippen molar-refractivity contribution in [1.29, 1.82) is 0 Å². The van der Waals surface area contributed by atoms with Gasteiger partial charge in [0.1, 0.15) is 6.54 Å². The minimum atomic E-state index is -0.458. The van der Waals surface area contributed by atoms with Gasteiger partial charge in [-0.1, -0.05) is 12.1 Å². The molecular weight excluding hydrogens is 258 g/mol. The number of hydrogen-bond donors (Lipinski definition) is 2. The maximum atomic E-state index is 11.9. The van der Waals surface area contributed by atoms with Gasteiger partial charge in [0, 0.05) is 18.8 Å². The van der Waals surface area contributed by atoms with Gasteiger partial charge >= 0.3 is 12.0 Å². The molecule has 0 radical (unpaired) electrons. The van der Waals surface area contributed by atoms with Crippen LogP contribution in [0.25, 0.3) is 0 Å². The molecular formula is C14H21N3O3. The van der Waals surface area contributed by atoms with E-state index in [1.807, 2.05) is 32.2 Å². The van der Waals surface area contributed by atoms with Gasteiger partial charge in [-0.25, -0.2) is 4.79 Å². The molecule has 0 aliphatic rings. The number of nitrogens with zero attached hydrogens (tertiary/aromatic N) is 1. The summed E-state index contributed by atoms with van der Waals surface area (Å²) in [5.74, 6) is -0.458. The Bertz CT molecular complexity index is 476. The van der Waals surface area contributed by atoms with Crippen molar-refractivity contribution in [2.45, 2.75) is 13.0 Å². The smallest absolute Gasteiger partial charge is 0.325 e. The predicted octanol–water partition coefficient (Wildman–Crippen LogP) is 1.60. The molecule has 2 N–H and O–H groups in total. The summed E-state index contributed by atoms with van der Waals surface area (Å²) in [6.45, 7) is 1.94. The average Bonchev–Trinajstić information content (AvgIpc) is 2.46. The summed E-state index contributed by atoms with van der Waals surface area (Å²) < 4.78 is 4.52. The monoisotopic (exact) mass is 279 g/mol. The fraction of sp³-hybridized carbons (Fsp3) is 0.429. The van der Waals surface area contributed by atoms with E-state index in [9.17, 15) is 9.59 Å². The largest absolute Gasteiger partial charge is 0.468 e. The van der Waals surface area contributed by atoms with Crippen LogP contribution in [0.4, 0.5) is 10.5 Å². The molecule has 0 aliphatic heterocycles. The maximum Gasteiger partial charge on any atom is 0.325 e. The number of ether oxygens (including phenoxy) is 1. The number of esters is 1. The lowest BCUT2D eigenvalue weighted by Gasteiger charge is -2.17. The van der Waals surface area contributed by atoms with Crippen molar-refractivity contribution in [3.63, 3.8) is 0 Å². The Morgan fingerprint density at radius 1 is 1.40 bits per heavy atom. The van der Waals surface area contributed by atoms with Crippen LogP contribution in [0.15, 0.2) is 24.3 Å². The topological polar surface area (TPSA) is 70.7 Å². The third-order valence-corrected chi connectivity index (χ3v) is 3.01. The first-order valence-corrected chi connectivity index (χ1v) is 6.34. The van der Waals surface area contributed by atoms with Gasteiger partial charge in [-0.15, -0.1) is 0 Å². The molecule has 0 aliphatic carbocycles. The minimum Gasteiger partial charge on any atom is -0.468 e. The van der Waals surface area contributed by atoms with Gasteiger partial charge in [-0.3, -0.25) is 4.79 Å². The Hall–Kier alpha value is -2.08. The zero-order valence-electron chi connectivity index (χ0n) is 12.3. The zero-order valence-corrected chi connectivity index (χ0v) is 12.3. The molecule has 0 saturated heterocycles. The second kappa shape index (κ2) is 7.49. The predicted molar refractivity (Wildman–Crippen MR) is 77.6 cm³/mol. The third kappa shape index (κ3) is 4.55. The second-order valence-electron chi connectivity index (χ2n) is 4.50. The van der Waals surface area contributed by atoms with E-state index in [1.54, 1.807) is 6.07 Å². The van der Waals surface area contributed by atoms with E-state index in [2.05, 4.69) is 15.4 Å². The number of amides is 2. The fourth-order valence-corrected chi connectivity index (χ4v) is 1.60. The molecule has 2 amide bonds. The van der Waals surface area contributed by atoms with Crippen LogP contribution >= 0.6 is 0 Å². The Balaban J connectivity index is 2.68. The van der Waals surface area contributed by atoms with E-state index in [0.29, 0.717) is 5.69 Å². The van der Waals surface area contributed by atoms with Gasteiger partial charge in [0.05, 0.1) is 7.11 Å². The molecule has 1 aromatic rings. The van der Waals surface area contributed by atoms with Crippen LogP contribution in [-0.2, 0) is 9.53 Å². The summed E-state index contributed by atoms with van der Waals surface area (Å²) in [5.41, 5.74) is 1.76. The average molecular weight is 279 g/mol. The standard InChI is InChI=1S/C14H21N3O3/c1-10(15-2)11-6-5-7-12(8-11)16-14(19)17(3)9-13(18)20-4/h5-8,10,15H,9H2,1-4H3,(H,16,19). The number of carbonyl (C=O) groups excluding carboxylic acids is 2. The van der Waals surface area contributed by atoms with E-state index in [-0.39, 0.29) is 18.6 Å². The highest BCUT2D eigenvalue weighted by molar-refractivity contribution is 5.91. The van der Waals surface area contributed by atoms with Crippen LogP contribution in [0.5, 0.6) is 0 Å². The number of carbonyl (C=O) groups is 2. The van der Waals surface area contributed by atoms with Gasteiger partial charge in [0.2, 0.25) is 0 Å². The van der Waals surface area contributed by atoms with Crippen molar-refractivity contribution < 1.29 is 14.3 Å². The Morgan fingerprint density at radius 2 is 2.10 bits per heavy atom. The molecule has 0 spiro atoms. The molecule has 6 nitrogen and oxygen atoms in total. The first kappa shape index (κ1) is 16.0. The van der Waals surface area contributed by atoms with E-state index >= 15 is 0 Å². The van der Waals surface area contributed by atoms with E-state index in [0.717, 1.165) is 5.56 Å². The fourth-order valence-electron chi connectivity index (χ4n) is 1.60. The molecule has 0 fully saturated rings. The Labute approximate surface area is 119 Å². The van der Waals surface area contributed by atoms with Crippen molar-refractivity contribution in [2.75, 3.05) is 33.1 Å². The van der Waals surface area contributed by atoms with Crippen LogP contribution in [-0.4, -0.2) is 44.7 Å². The van der Waals surface area contributed by atoms with Crippen molar-refractivity contribution in [2.24, 2.45) is 0 Å². The highest BCUT2D eigenvalue weighted by Gasteiger charge is 2.13. The van der Waals surface area contributed by atoms with Gasteiger partial charge in [0.25, 0.3) is 0 Å². The molecule has 1 unspecified atom stereocenters. The summed E-state index contributed by atoms with van der Waals surface area (Å²) in [4.78, 5) is 24.3. The normalized spacial score (nSPS) is 11.6. The third-order valence-electron chi connectivity index (χ3n) is 3.01. The van der Waals surface area contributed by atoms with Crippen LogP contribution in [0.2, 0.25) is 0 Å². The zero-order chi connectivity index (χ0) is 15.1. The molecule has 1 aromatic carbocycles. The molecule has 1 rings (SSSR count). The first-order chi connectivity index (χ1) is 9.47. The van der Waals surface area contributed by atoms with Crippen molar-refractivity contribution in [3.05, 3.63) is 29.8 Å². The molecule has 0 bridgehead atoms. The molecule has 0 heterocycles. The molecule has 0 aromatic heterocycles. The quantitative estimate of drug-likeness (QED) is 0.803. The van der Waals surface area contributed by atoms with Crippen LogP contribution in [0.1, 0.15) is 18.5 Å². The number of hydrogen-bond acceptors (Lipinski definition) is 4. The molecule has 6 heteroatoms. The number of nitrogens with one attached hydrogen (secondary N) is 2.